The third-order valence-electron chi connectivity index (χ3n) is 13.9. The van der Waals surface area contributed by atoms with Gasteiger partial charge < -0.3 is 4.74 Å². The van der Waals surface area contributed by atoms with Crippen molar-refractivity contribution in [2.45, 2.75) is 24.7 Å². The van der Waals surface area contributed by atoms with E-state index in [9.17, 15) is 0 Å². The Labute approximate surface area is 377 Å². The monoisotopic (exact) mass is 832 g/mol. The lowest BCUT2D eigenvalue weighted by Crippen LogP contribution is -2.35. The molecule has 306 valence electrons. The summed E-state index contributed by atoms with van der Waals surface area (Å²) < 4.78 is 7.12. The number of ether oxygens (including phenoxy) is 1. The lowest BCUT2D eigenvalue weighted by Gasteiger charge is -2.43. The molecule has 10 aromatic rings. The first-order valence-electron chi connectivity index (χ1n) is 22.2. The van der Waals surface area contributed by atoms with Crippen LogP contribution in [0.1, 0.15) is 47.2 Å². The molecule has 0 bridgehead atoms. The van der Waals surface area contributed by atoms with Gasteiger partial charge in [-0.1, -0.05) is 147 Å². The third-order valence-corrected chi connectivity index (χ3v) is 13.9. The molecular formula is C60H40N4O. The first kappa shape index (κ1) is 37.3. The Balaban J connectivity index is 1.11. The number of fused-ring (bicyclic) bond motifs is 14. The maximum Gasteiger partial charge on any atom is 0.160 e. The SMILES string of the molecule is CC1(C)c2ccccc2-c2cc3c(cc21)Oc1ccccc1C31c2ccccc2-c2ccccc2-c2ccc(-c3nc(-c4ccccc4)cc(-c4ccc(-c5cccnc5)nc4)n3)cc21. The summed E-state index contributed by atoms with van der Waals surface area (Å²) in [4.78, 5) is 19.9. The first-order chi connectivity index (χ1) is 32.0. The maximum absolute atomic E-state index is 7.12. The molecule has 3 aromatic heterocycles. The standard InChI is InChI=1S/C60H40N4O/c1-59(2)47-22-10-8-21-44(47)46-32-52-57(33-50(46)59)65-56-25-13-12-24-49(56)60(52)48-23-11-9-20-43(48)41-18-6-7-19-42(41)45-28-26-38(31-51(45)60)58-63-54(37-15-4-3-5-16-37)34-55(64-58)40-27-29-53(62-36-40)39-17-14-30-61-35-39/h3-36H,1-2H3. The summed E-state index contributed by atoms with van der Waals surface area (Å²) in [5, 5.41) is 0. The van der Waals surface area contributed by atoms with Crippen molar-refractivity contribution in [3.63, 3.8) is 0 Å². The van der Waals surface area contributed by atoms with Crippen LogP contribution < -0.4 is 4.74 Å². The second-order valence-electron chi connectivity index (χ2n) is 17.8. The summed E-state index contributed by atoms with van der Waals surface area (Å²) in [6.45, 7) is 4.66. The van der Waals surface area contributed by atoms with Gasteiger partial charge in [0.05, 0.1) is 22.5 Å². The van der Waals surface area contributed by atoms with E-state index in [1.807, 2.05) is 36.7 Å². The van der Waals surface area contributed by atoms with Gasteiger partial charge in [-0.15, -0.1) is 0 Å². The number of para-hydroxylation sites is 1. The smallest absolute Gasteiger partial charge is 0.160 e. The first-order valence-corrected chi connectivity index (χ1v) is 22.2. The Morgan fingerprint density at radius 2 is 0.985 bits per heavy atom. The van der Waals surface area contributed by atoms with Gasteiger partial charge in [0.1, 0.15) is 11.5 Å². The highest BCUT2D eigenvalue weighted by molar-refractivity contribution is 5.95. The van der Waals surface area contributed by atoms with Gasteiger partial charge >= 0.3 is 0 Å². The zero-order chi connectivity index (χ0) is 43.3. The molecule has 0 N–H and O–H groups in total. The molecule has 0 amide bonds. The molecule has 4 heterocycles. The van der Waals surface area contributed by atoms with Gasteiger partial charge in [-0.2, -0.15) is 0 Å². The molecule has 0 radical (unpaired) electrons. The molecule has 1 unspecified atom stereocenters. The highest BCUT2D eigenvalue weighted by atomic mass is 16.5. The molecule has 5 heteroatoms. The predicted octanol–water partition coefficient (Wildman–Crippen LogP) is 14.4. The second-order valence-corrected chi connectivity index (χ2v) is 17.8. The minimum absolute atomic E-state index is 0.204. The van der Waals surface area contributed by atoms with Crippen LogP contribution in [0.2, 0.25) is 0 Å². The molecule has 65 heavy (non-hydrogen) atoms. The van der Waals surface area contributed by atoms with Crippen molar-refractivity contribution < 1.29 is 4.74 Å². The molecule has 1 atom stereocenters. The predicted molar refractivity (Wildman–Crippen MR) is 260 cm³/mol. The van der Waals surface area contributed by atoms with Crippen molar-refractivity contribution in [2.75, 3.05) is 0 Å². The topological polar surface area (TPSA) is 60.8 Å². The van der Waals surface area contributed by atoms with E-state index in [4.69, 9.17) is 19.7 Å². The second kappa shape index (κ2) is 14.1. The van der Waals surface area contributed by atoms with Crippen molar-refractivity contribution in [1.82, 2.24) is 19.9 Å². The summed E-state index contributed by atoms with van der Waals surface area (Å²) in [5.74, 6) is 2.34. The highest BCUT2D eigenvalue weighted by Gasteiger charge is 2.51. The minimum Gasteiger partial charge on any atom is -0.457 e. The molecule has 13 rings (SSSR count). The average molecular weight is 833 g/mol. The van der Waals surface area contributed by atoms with Crippen molar-refractivity contribution in [1.29, 1.82) is 0 Å². The Morgan fingerprint density at radius 3 is 1.72 bits per heavy atom. The van der Waals surface area contributed by atoms with Gasteiger partial charge in [0.2, 0.25) is 0 Å². The molecule has 0 saturated carbocycles. The van der Waals surface area contributed by atoms with E-state index >= 15 is 0 Å². The zero-order valence-electron chi connectivity index (χ0n) is 35.8. The van der Waals surface area contributed by atoms with E-state index in [1.54, 1.807) is 6.20 Å². The normalized spacial score (nSPS) is 15.5. The van der Waals surface area contributed by atoms with Crippen LogP contribution in [0.15, 0.2) is 207 Å². The van der Waals surface area contributed by atoms with Gasteiger partial charge in [-0.05, 0) is 110 Å². The Kier molecular flexibility index (Phi) is 8.10. The summed E-state index contributed by atoms with van der Waals surface area (Å²) in [5.41, 5.74) is 19.6. The van der Waals surface area contributed by atoms with Crippen LogP contribution in [0.5, 0.6) is 11.5 Å². The number of hydrogen-bond donors (Lipinski definition) is 0. The van der Waals surface area contributed by atoms with Crippen molar-refractivity contribution >= 4 is 0 Å². The van der Waals surface area contributed by atoms with E-state index in [2.05, 4.69) is 183 Å². The minimum atomic E-state index is -0.812. The molecular weight excluding hydrogens is 793 g/mol. The van der Waals surface area contributed by atoms with Gasteiger partial charge in [-0.25, -0.2) is 9.97 Å². The lowest BCUT2D eigenvalue weighted by molar-refractivity contribution is 0.433. The fraction of sp³-hybridized carbons (Fsp3) is 0.0667. The molecule has 5 nitrogen and oxygen atoms in total. The third kappa shape index (κ3) is 5.52. The molecule has 7 aromatic carbocycles. The van der Waals surface area contributed by atoms with Crippen LogP contribution in [0.3, 0.4) is 0 Å². The van der Waals surface area contributed by atoms with E-state index in [-0.39, 0.29) is 5.41 Å². The average Bonchev–Trinajstić information content (AvgIpc) is 3.53. The van der Waals surface area contributed by atoms with Crippen LogP contribution in [-0.2, 0) is 10.8 Å². The molecule has 0 fully saturated rings. The summed E-state index contributed by atoms with van der Waals surface area (Å²) in [7, 11) is 0. The van der Waals surface area contributed by atoms with Crippen molar-refractivity contribution in [3.8, 4) is 90.0 Å². The Bertz CT molecular complexity index is 3540. The van der Waals surface area contributed by atoms with Crippen LogP contribution in [0.4, 0.5) is 0 Å². The summed E-state index contributed by atoms with van der Waals surface area (Å²) in [6, 6.07) is 67.5. The van der Waals surface area contributed by atoms with E-state index in [1.165, 1.54) is 44.5 Å². The van der Waals surface area contributed by atoms with Crippen LogP contribution in [0, 0.1) is 0 Å². The molecule has 1 spiro atoms. The van der Waals surface area contributed by atoms with E-state index < -0.39 is 5.41 Å². The quantitative estimate of drug-likeness (QED) is 0.177. The summed E-state index contributed by atoms with van der Waals surface area (Å²) in [6.07, 6.45) is 5.51. The van der Waals surface area contributed by atoms with Crippen LogP contribution in [0.25, 0.3) is 78.5 Å². The molecule has 3 aliphatic rings. The van der Waals surface area contributed by atoms with E-state index in [0.29, 0.717) is 5.82 Å². The van der Waals surface area contributed by atoms with E-state index in [0.717, 1.165) is 73.1 Å². The van der Waals surface area contributed by atoms with Gasteiger partial charge in [0.25, 0.3) is 0 Å². The number of hydrogen-bond acceptors (Lipinski definition) is 5. The molecule has 2 aliphatic carbocycles. The largest absolute Gasteiger partial charge is 0.457 e. The number of pyridine rings is 2. The lowest BCUT2D eigenvalue weighted by atomic mass is 9.61. The van der Waals surface area contributed by atoms with Crippen LogP contribution >= 0.6 is 0 Å². The fourth-order valence-corrected chi connectivity index (χ4v) is 10.9. The van der Waals surface area contributed by atoms with Gasteiger partial charge in [0.15, 0.2) is 5.82 Å². The number of benzene rings is 7. The molecule has 0 saturated heterocycles. The van der Waals surface area contributed by atoms with Crippen LogP contribution in [-0.4, -0.2) is 19.9 Å². The number of nitrogens with zero attached hydrogens (tertiary/aromatic N) is 4. The van der Waals surface area contributed by atoms with Gasteiger partial charge in [-0.3, -0.25) is 9.97 Å². The number of aromatic nitrogens is 4. The fourth-order valence-electron chi connectivity index (χ4n) is 10.9. The van der Waals surface area contributed by atoms with Crippen molar-refractivity contribution in [3.05, 3.63) is 240 Å². The Morgan fingerprint density at radius 1 is 0.369 bits per heavy atom. The molecule has 1 aliphatic heterocycles. The maximum atomic E-state index is 7.12. The van der Waals surface area contributed by atoms with Crippen molar-refractivity contribution in [2.24, 2.45) is 0 Å². The zero-order valence-corrected chi connectivity index (χ0v) is 35.8. The van der Waals surface area contributed by atoms with Gasteiger partial charge in [0, 0.05) is 57.4 Å². The summed E-state index contributed by atoms with van der Waals surface area (Å²) >= 11 is 0. The highest BCUT2D eigenvalue weighted by Crippen LogP contribution is 2.63. The number of rotatable bonds is 4. The Hall–Kier alpha value is -8.28.